The molecule has 1 aromatic rings. The minimum Gasteiger partial charge on any atom is -0.382 e. The summed E-state index contributed by atoms with van der Waals surface area (Å²) in [6, 6.07) is 6.62. The summed E-state index contributed by atoms with van der Waals surface area (Å²) in [5, 5.41) is 4.54. The van der Waals surface area contributed by atoms with Crippen LogP contribution in [0.25, 0.3) is 0 Å². The second-order valence-corrected chi connectivity index (χ2v) is 6.75. The number of anilines is 1. The Balaban J connectivity index is 1.69. The van der Waals surface area contributed by atoms with Crippen LogP contribution in [-0.2, 0) is 4.74 Å². The van der Waals surface area contributed by atoms with E-state index in [-0.39, 0.29) is 5.60 Å². The first-order valence-corrected chi connectivity index (χ1v) is 8.22. The van der Waals surface area contributed by atoms with Gasteiger partial charge in [-0.2, -0.15) is 0 Å². The average Bonchev–Trinajstić information content (AvgIpc) is 2.45. The Morgan fingerprint density at radius 1 is 1.25 bits per heavy atom. The van der Waals surface area contributed by atoms with Crippen LogP contribution in [0.1, 0.15) is 50.5 Å². The summed E-state index contributed by atoms with van der Waals surface area (Å²) < 4.78 is 6.16. The predicted octanol–water partition coefficient (Wildman–Crippen LogP) is 4.94. The van der Waals surface area contributed by atoms with E-state index in [1.54, 1.807) is 0 Å². The molecule has 1 spiro atoms. The van der Waals surface area contributed by atoms with Crippen LogP contribution in [0.5, 0.6) is 0 Å². The molecule has 0 bridgehead atoms. The molecule has 1 atom stereocenters. The fourth-order valence-electron chi connectivity index (χ4n) is 3.68. The molecular formula is C17H24ClNO. The zero-order chi connectivity index (χ0) is 14.0. The third-order valence-corrected chi connectivity index (χ3v) is 5.29. The third-order valence-electron chi connectivity index (χ3n) is 4.89. The zero-order valence-electron chi connectivity index (χ0n) is 12.3. The molecule has 2 fully saturated rings. The van der Waals surface area contributed by atoms with E-state index in [1.807, 2.05) is 12.1 Å². The lowest BCUT2D eigenvalue weighted by atomic mass is 9.78. The van der Waals surface area contributed by atoms with Crippen LogP contribution in [0, 0.1) is 6.92 Å². The van der Waals surface area contributed by atoms with Crippen LogP contribution in [0.15, 0.2) is 18.2 Å². The van der Waals surface area contributed by atoms with Gasteiger partial charge in [-0.05, 0) is 50.3 Å². The first-order chi connectivity index (χ1) is 9.69. The molecule has 0 amide bonds. The van der Waals surface area contributed by atoms with E-state index >= 15 is 0 Å². The van der Waals surface area contributed by atoms with Crippen LogP contribution >= 0.6 is 11.6 Å². The predicted molar refractivity (Wildman–Crippen MR) is 84.6 cm³/mol. The summed E-state index contributed by atoms with van der Waals surface area (Å²) in [6.07, 6.45) is 8.72. The van der Waals surface area contributed by atoms with Gasteiger partial charge in [0.25, 0.3) is 0 Å². The summed E-state index contributed by atoms with van der Waals surface area (Å²) in [4.78, 5) is 0. The molecule has 0 radical (unpaired) electrons. The topological polar surface area (TPSA) is 21.3 Å². The Hall–Kier alpha value is -0.730. The van der Waals surface area contributed by atoms with Gasteiger partial charge in [-0.15, -0.1) is 0 Å². The number of hydrogen-bond donors (Lipinski definition) is 1. The van der Waals surface area contributed by atoms with Crippen molar-refractivity contribution in [2.24, 2.45) is 0 Å². The van der Waals surface area contributed by atoms with Crippen molar-refractivity contribution in [1.82, 2.24) is 0 Å². The van der Waals surface area contributed by atoms with Crippen LogP contribution in [-0.4, -0.2) is 18.2 Å². The van der Waals surface area contributed by atoms with Gasteiger partial charge in [-0.1, -0.05) is 36.9 Å². The standard InChI is InChI=1S/C17H24ClNO/c1-13-15(18)6-5-7-16(13)19-14-8-11-20-17(12-14)9-3-2-4-10-17/h5-7,14,19H,2-4,8-12H2,1H3. The molecule has 1 N–H and O–H groups in total. The zero-order valence-corrected chi connectivity index (χ0v) is 13.0. The van der Waals surface area contributed by atoms with Crippen LogP contribution in [0.3, 0.4) is 0 Å². The first kappa shape index (κ1) is 14.2. The number of benzene rings is 1. The normalized spacial score (nSPS) is 25.6. The summed E-state index contributed by atoms with van der Waals surface area (Å²) in [5.41, 5.74) is 2.48. The monoisotopic (exact) mass is 293 g/mol. The van der Waals surface area contributed by atoms with E-state index in [9.17, 15) is 0 Å². The Bertz CT molecular complexity index is 463. The van der Waals surface area contributed by atoms with Gasteiger partial charge in [0.05, 0.1) is 5.60 Å². The number of rotatable bonds is 2. The Kier molecular flexibility index (Phi) is 4.23. The van der Waals surface area contributed by atoms with Gasteiger partial charge in [-0.25, -0.2) is 0 Å². The van der Waals surface area contributed by atoms with E-state index in [0.29, 0.717) is 6.04 Å². The van der Waals surface area contributed by atoms with Crippen LogP contribution in [0.4, 0.5) is 5.69 Å². The van der Waals surface area contributed by atoms with Gasteiger partial charge in [0.15, 0.2) is 0 Å². The Morgan fingerprint density at radius 3 is 2.85 bits per heavy atom. The lowest BCUT2D eigenvalue weighted by Gasteiger charge is -2.44. The van der Waals surface area contributed by atoms with Crippen LogP contribution < -0.4 is 5.32 Å². The lowest BCUT2D eigenvalue weighted by molar-refractivity contribution is -0.103. The van der Waals surface area contributed by atoms with Crippen molar-refractivity contribution in [3.05, 3.63) is 28.8 Å². The van der Waals surface area contributed by atoms with Gasteiger partial charge in [0, 0.05) is 23.4 Å². The Labute approximate surface area is 126 Å². The van der Waals surface area contributed by atoms with Crippen molar-refractivity contribution in [2.45, 2.75) is 63.5 Å². The smallest absolute Gasteiger partial charge is 0.0702 e. The molecule has 2 nitrogen and oxygen atoms in total. The molecule has 1 saturated heterocycles. The number of ether oxygens (including phenoxy) is 1. The molecule has 2 aliphatic rings. The molecule has 0 aromatic heterocycles. The molecular weight excluding hydrogens is 270 g/mol. The molecule has 3 rings (SSSR count). The largest absolute Gasteiger partial charge is 0.382 e. The summed E-state index contributed by atoms with van der Waals surface area (Å²) in [5.74, 6) is 0. The van der Waals surface area contributed by atoms with Gasteiger partial charge in [-0.3, -0.25) is 0 Å². The van der Waals surface area contributed by atoms with E-state index in [1.165, 1.54) is 37.8 Å². The van der Waals surface area contributed by atoms with Crippen molar-refractivity contribution in [2.75, 3.05) is 11.9 Å². The molecule has 20 heavy (non-hydrogen) atoms. The highest BCUT2D eigenvalue weighted by atomic mass is 35.5. The molecule has 1 saturated carbocycles. The maximum Gasteiger partial charge on any atom is 0.0702 e. The number of hydrogen-bond acceptors (Lipinski definition) is 2. The van der Waals surface area contributed by atoms with E-state index in [0.717, 1.165) is 30.0 Å². The van der Waals surface area contributed by atoms with E-state index in [4.69, 9.17) is 16.3 Å². The van der Waals surface area contributed by atoms with Crippen molar-refractivity contribution < 1.29 is 4.74 Å². The molecule has 1 aromatic carbocycles. The number of nitrogens with one attached hydrogen (secondary N) is 1. The molecule has 1 aliphatic heterocycles. The van der Waals surface area contributed by atoms with Crippen molar-refractivity contribution in [3.63, 3.8) is 0 Å². The summed E-state index contributed by atoms with van der Waals surface area (Å²) in [7, 11) is 0. The van der Waals surface area contributed by atoms with E-state index < -0.39 is 0 Å². The highest BCUT2D eigenvalue weighted by Gasteiger charge is 2.38. The molecule has 1 aliphatic carbocycles. The fraction of sp³-hybridized carbons (Fsp3) is 0.647. The SMILES string of the molecule is Cc1c(Cl)cccc1NC1CCOC2(CCCCC2)C1. The average molecular weight is 294 g/mol. The lowest BCUT2D eigenvalue weighted by Crippen LogP contribution is -2.45. The molecule has 110 valence electrons. The van der Waals surface area contributed by atoms with E-state index in [2.05, 4.69) is 18.3 Å². The molecule has 1 heterocycles. The molecule has 1 unspecified atom stereocenters. The van der Waals surface area contributed by atoms with Crippen LogP contribution in [0.2, 0.25) is 5.02 Å². The molecule has 3 heteroatoms. The van der Waals surface area contributed by atoms with Gasteiger partial charge < -0.3 is 10.1 Å². The number of halogens is 1. The highest BCUT2D eigenvalue weighted by molar-refractivity contribution is 6.31. The Morgan fingerprint density at radius 2 is 2.05 bits per heavy atom. The first-order valence-electron chi connectivity index (χ1n) is 7.84. The van der Waals surface area contributed by atoms with Crippen molar-refractivity contribution in [3.8, 4) is 0 Å². The minimum absolute atomic E-state index is 0.153. The maximum absolute atomic E-state index is 6.21. The minimum atomic E-state index is 0.153. The summed E-state index contributed by atoms with van der Waals surface area (Å²) >= 11 is 6.21. The maximum atomic E-state index is 6.21. The van der Waals surface area contributed by atoms with Gasteiger partial charge >= 0.3 is 0 Å². The van der Waals surface area contributed by atoms with Crippen molar-refractivity contribution in [1.29, 1.82) is 0 Å². The summed E-state index contributed by atoms with van der Waals surface area (Å²) in [6.45, 7) is 2.97. The third kappa shape index (κ3) is 2.96. The second-order valence-electron chi connectivity index (χ2n) is 6.34. The van der Waals surface area contributed by atoms with Crippen molar-refractivity contribution >= 4 is 17.3 Å². The quantitative estimate of drug-likeness (QED) is 0.833. The highest BCUT2D eigenvalue weighted by Crippen LogP contribution is 2.39. The fourth-order valence-corrected chi connectivity index (χ4v) is 3.85. The van der Waals surface area contributed by atoms with Gasteiger partial charge in [0.2, 0.25) is 0 Å². The van der Waals surface area contributed by atoms with Gasteiger partial charge in [0.1, 0.15) is 0 Å². The second kappa shape index (κ2) is 5.95.